The number of nitrogens with zero attached hydrogens (tertiary/aromatic N) is 3. The van der Waals surface area contributed by atoms with Gasteiger partial charge < -0.3 is 15.0 Å². The number of hydrogen-bond acceptors (Lipinski definition) is 5. The van der Waals surface area contributed by atoms with Crippen LogP contribution in [0.5, 0.6) is 5.75 Å². The van der Waals surface area contributed by atoms with Gasteiger partial charge in [0.05, 0.1) is 12.1 Å². The summed E-state index contributed by atoms with van der Waals surface area (Å²) in [5.74, 6) is 2.07. The molecule has 5 nitrogen and oxygen atoms in total. The Balaban J connectivity index is 2.38. The van der Waals surface area contributed by atoms with E-state index < -0.39 is 0 Å². The molecule has 2 rings (SSSR count). The van der Waals surface area contributed by atoms with Crippen LogP contribution in [0.15, 0.2) is 24.4 Å². The fourth-order valence-corrected chi connectivity index (χ4v) is 2.34. The molecule has 23 heavy (non-hydrogen) atoms. The van der Waals surface area contributed by atoms with E-state index in [4.69, 9.17) is 16.3 Å². The van der Waals surface area contributed by atoms with Crippen molar-refractivity contribution in [2.75, 3.05) is 24.4 Å². The van der Waals surface area contributed by atoms with Crippen LogP contribution in [0.4, 0.5) is 17.5 Å². The van der Waals surface area contributed by atoms with Gasteiger partial charge in [-0.15, -0.1) is 0 Å². The van der Waals surface area contributed by atoms with E-state index in [1.54, 1.807) is 7.11 Å². The maximum Gasteiger partial charge on any atom is 0.225 e. The summed E-state index contributed by atoms with van der Waals surface area (Å²) in [6.45, 7) is 8.21. The van der Waals surface area contributed by atoms with Crippen molar-refractivity contribution >= 4 is 29.1 Å². The number of rotatable bonds is 4. The normalized spacial score (nSPS) is 11.3. The van der Waals surface area contributed by atoms with Crippen LogP contribution in [0.3, 0.4) is 0 Å². The van der Waals surface area contributed by atoms with Crippen LogP contribution in [0.25, 0.3) is 0 Å². The lowest BCUT2D eigenvalue weighted by molar-refractivity contribution is 0.415. The molecule has 0 amide bonds. The zero-order valence-corrected chi connectivity index (χ0v) is 15.2. The predicted octanol–water partition coefficient (Wildman–Crippen LogP) is 4.43. The molecular weight excluding hydrogens is 312 g/mol. The van der Waals surface area contributed by atoms with Gasteiger partial charge in [0.1, 0.15) is 11.6 Å². The molecule has 0 saturated carbocycles. The van der Waals surface area contributed by atoms with E-state index in [2.05, 4.69) is 36.1 Å². The summed E-state index contributed by atoms with van der Waals surface area (Å²) in [5.41, 5.74) is 1.82. The van der Waals surface area contributed by atoms with E-state index in [1.807, 2.05) is 43.3 Å². The second-order valence-corrected chi connectivity index (χ2v) is 6.86. The zero-order chi connectivity index (χ0) is 17.2. The molecule has 0 saturated heterocycles. The molecule has 0 fully saturated rings. The summed E-state index contributed by atoms with van der Waals surface area (Å²) >= 11 is 6.10. The fourth-order valence-electron chi connectivity index (χ4n) is 2.15. The first-order chi connectivity index (χ1) is 10.7. The van der Waals surface area contributed by atoms with Gasteiger partial charge in [-0.1, -0.05) is 11.6 Å². The highest BCUT2D eigenvalue weighted by Gasteiger charge is 2.15. The molecule has 0 aliphatic heterocycles. The zero-order valence-electron chi connectivity index (χ0n) is 14.4. The lowest BCUT2D eigenvalue weighted by atomic mass is 10.1. The summed E-state index contributed by atoms with van der Waals surface area (Å²) in [7, 11) is 3.56. The number of methoxy groups -OCH3 is 1. The number of halogens is 1. The van der Waals surface area contributed by atoms with Crippen molar-refractivity contribution in [3.63, 3.8) is 0 Å². The molecule has 6 heteroatoms. The van der Waals surface area contributed by atoms with E-state index in [-0.39, 0.29) is 5.54 Å². The molecular formula is C17H23ClN4O. The van der Waals surface area contributed by atoms with E-state index >= 15 is 0 Å². The van der Waals surface area contributed by atoms with E-state index in [0.717, 1.165) is 17.1 Å². The number of aromatic nitrogens is 2. The molecule has 124 valence electrons. The second kappa shape index (κ2) is 6.62. The van der Waals surface area contributed by atoms with Crippen LogP contribution < -0.4 is 15.0 Å². The van der Waals surface area contributed by atoms with Crippen molar-refractivity contribution in [3.05, 3.63) is 35.0 Å². The van der Waals surface area contributed by atoms with Crippen LogP contribution in [-0.4, -0.2) is 29.7 Å². The Morgan fingerprint density at radius 1 is 1.26 bits per heavy atom. The number of ether oxygens (including phenoxy) is 1. The maximum atomic E-state index is 6.10. The number of benzene rings is 1. The average molecular weight is 335 g/mol. The van der Waals surface area contributed by atoms with Crippen LogP contribution >= 0.6 is 11.6 Å². The van der Waals surface area contributed by atoms with E-state index in [1.165, 1.54) is 0 Å². The molecule has 0 spiro atoms. The van der Waals surface area contributed by atoms with E-state index in [0.29, 0.717) is 16.7 Å². The second-order valence-electron chi connectivity index (χ2n) is 6.45. The fraction of sp³-hybridized carbons (Fsp3) is 0.412. The van der Waals surface area contributed by atoms with Crippen molar-refractivity contribution in [1.29, 1.82) is 0 Å². The molecule has 1 aromatic heterocycles. The van der Waals surface area contributed by atoms with Crippen LogP contribution in [0.1, 0.15) is 26.3 Å². The molecule has 0 bridgehead atoms. The van der Waals surface area contributed by atoms with Gasteiger partial charge in [0.15, 0.2) is 0 Å². The molecule has 2 aromatic rings. The monoisotopic (exact) mass is 334 g/mol. The third-order valence-electron chi connectivity index (χ3n) is 3.27. The Bertz CT molecular complexity index is 697. The molecule has 1 heterocycles. The minimum Gasteiger partial charge on any atom is -0.495 e. The Kier molecular flexibility index (Phi) is 5.00. The first-order valence-corrected chi connectivity index (χ1v) is 7.78. The molecule has 0 aliphatic carbocycles. The van der Waals surface area contributed by atoms with Gasteiger partial charge in [-0.25, -0.2) is 4.98 Å². The Labute approximate surface area is 142 Å². The first kappa shape index (κ1) is 17.3. The predicted molar refractivity (Wildman–Crippen MR) is 96.2 cm³/mol. The summed E-state index contributed by atoms with van der Waals surface area (Å²) < 4.78 is 5.29. The summed E-state index contributed by atoms with van der Waals surface area (Å²) in [4.78, 5) is 11.0. The van der Waals surface area contributed by atoms with Gasteiger partial charge in [0.2, 0.25) is 5.95 Å². The standard InChI is InChI=1S/C17H23ClN4O/c1-11-10-19-16(21-17(2,3)4)20-15(11)22(5)12-7-8-13(18)14(9-12)23-6/h7-10H,1-6H3,(H,19,20,21). The summed E-state index contributed by atoms with van der Waals surface area (Å²) in [6, 6.07) is 5.64. The lowest BCUT2D eigenvalue weighted by Crippen LogP contribution is -2.28. The van der Waals surface area contributed by atoms with Gasteiger partial charge in [0, 0.05) is 36.1 Å². The van der Waals surface area contributed by atoms with Crippen molar-refractivity contribution in [3.8, 4) is 5.75 Å². The van der Waals surface area contributed by atoms with Crippen molar-refractivity contribution in [1.82, 2.24) is 9.97 Å². The minimum atomic E-state index is -0.103. The lowest BCUT2D eigenvalue weighted by Gasteiger charge is -2.24. The number of nitrogens with one attached hydrogen (secondary N) is 1. The van der Waals surface area contributed by atoms with Crippen LogP contribution in [0.2, 0.25) is 5.02 Å². The van der Waals surface area contributed by atoms with Gasteiger partial charge in [-0.3, -0.25) is 0 Å². The van der Waals surface area contributed by atoms with E-state index in [9.17, 15) is 0 Å². The van der Waals surface area contributed by atoms with Gasteiger partial charge in [-0.05, 0) is 39.8 Å². The third kappa shape index (κ3) is 4.26. The Morgan fingerprint density at radius 2 is 1.96 bits per heavy atom. The topological polar surface area (TPSA) is 50.3 Å². The van der Waals surface area contributed by atoms with Crippen molar-refractivity contribution in [2.24, 2.45) is 0 Å². The number of aryl methyl sites for hydroxylation is 1. The summed E-state index contributed by atoms with van der Waals surface area (Å²) in [6.07, 6.45) is 1.82. The molecule has 0 aliphatic rings. The van der Waals surface area contributed by atoms with Gasteiger partial charge in [-0.2, -0.15) is 4.98 Å². The molecule has 0 unspecified atom stereocenters. The van der Waals surface area contributed by atoms with Crippen LogP contribution in [-0.2, 0) is 0 Å². The average Bonchev–Trinajstić information content (AvgIpc) is 2.47. The van der Waals surface area contributed by atoms with Gasteiger partial charge >= 0.3 is 0 Å². The van der Waals surface area contributed by atoms with Crippen LogP contribution in [0, 0.1) is 6.92 Å². The number of hydrogen-bond donors (Lipinski definition) is 1. The molecule has 1 N–H and O–H groups in total. The maximum absolute atomic E-state index is 6.10. The van der Waals surface area contributed by atoms with Crippen molar-refractivity contribution in [2.45, 2.75) is 33.2 Å². The smallest absolute Gasteiger partial charge is 0.225 e. The minimum absolute atomic E-state index is 0.103. The molecule has 0 radical (unpaired) electrons. The first-order valence-electron chi connectivity index (χ1n) is 7.40. The third-order valence-corrected chi connectivity index (χ3v) is 3.58. The highest BCUT2D eigenvalue weighted by Crippen LogP contribution is 2.32. The number of anilines is 3. The quantitative estimate of drug-likeness (QED) is 0.896. The molecule has 0 atom stereocenters. The summed E-state index contributed by atoms with van der Waals surface area (Å²) in [5, 5.41) is 3.87. The SMILES string of the molecule is COc1cc(N(C)c2nc(NC(C)(C)C)ncc2C)ccc1Cl. The highest BCUT2D eigenvalue weighted by molar-refractivity contribution is 6.32. The van der Waals surface area contributed by atoms with Gasteiger partial charge in [0.25, 0.3) is 0 Å². The Hall–Kier alpha value is -2.01. The largest absolute Gasteiger partial charge is 0.495 e. The van der Waals surface area contributed by atoms with Crippen molar-refractivity contribution < 1.29 is 4.74 Å². The molecule has 1 aromatic carbocycles. The highest BCUT2D eigenvalue weighted by atomic mass is 35.5. The Morgan fingerprint density at radius 3 is 2.57 bits per heavy atom.